The fourth-order valence-electron chi connectivity index (χ4n) is 4.13. The van der Waals surface area contributed by atoms with Gasteiger partial charge in [-0.1, -0.05) is 10.3 Å². The highest BCUT2D eigenvalue weighted by Gasteiger charge is 2.49. The van der Waals surface area contributed by atoms with Gasteiger partial charge in [-0.3, -0.25) is 0 Å². The van der Waals surface area contributed by atoms with Crippen LogP contribution in [0.3, 0.4) is 0 Å². The fourth-order valence-corrected chi connectivity index (χ4v) is 4.13. The van der Waals surface area contributed by atoms with E-state index in [-0.39, 0.29) is 25.8 Å². The van der Waals surface area contributed by atoms with Gasteiger partial charge < -0.3 is 59.1 Å². The van der Waals surface area contributed by atoms with Crippen molar-refractivity contribution in [2.24, 2.45) is 5.11 Å². The SMILES string of the molecule is CCOCC(COCC)OCc1cn(CC2O[C@H](O[C@H]3OC(CN=[N+]=[N-])[C@@H](O)[C@H](O)C3O)C(O)C(O)[C@@H]2O)nn1. The maximum Gasteiger partial charge on any atom is 0.189 e. The van der Waals surface area contributed by atoms with Gasteiger partial charge in [0.2, 0.25) is 0 Å². The molecule has 0 saturated carbocycles. The molecule has 3 heterocycles. The number of hydrogen-bond acceptors (Lipinski definition) is 15. The standard InChI is InChI=1S/C22H38N6O12/c1-3-35-9-12(10-36-4-2)37-8-11-6-28(27-25-11)7-14-16(30)18(32)20(34)22(39-14)40-21-19(33)17(31)15(29)13(38-21)5-24-26-23/h6,12-22,29-34H,3-5,7-10H2,1-2H3/t13?,14?,15-,16-,17+,18?,19?,20?,21-,22-/m1/s1. The molecule has 0 aliphatic carbocycles. The van der Waals surface area contributed by atoms with Crippen molar-refractivity contribution in [3.8, 4) is 0 Å². The molecule has 0 radical (unpaired) electrons. The predicted molar refractivity (Wildman–Crippen MR) is 130 cm³/mol. The van der Waals surface area contributed by atoms with E-state index >= 15 is 0 Å². The molecule has 2 aliphatic heterocycles. The van der Waals surface area contributed by atoms with Crippen LogP contribution in [0.4, 0.5) is 0 Å². The van der Waals surface area contributed by atoms with E-state index in [2.05, 4.69) is 20.3 Å². The summed E-state index contributed by atoms with van der Waals surface area (Å²) in [6, 6.07) is 0. The summed E-state index contributed by atoms with van der Waals surface area (Å²) in [5, 5.41) is 73.2. The molecule has 5 unspecified atom stereocenters. The molecule has 40 heavy (non-hydrogen) atoms. The Kier molecular flexibility index (Phi) is 12.9. The minimum absolute atomic E-state index is 0.105. The second kappa shape index (κ2) is 15.8. The summed E-state index contributed by atoms with van der Waals surface area (Å²) in [5.41, 5.74) is 9.00. The van der Waals surface area contributed by atoms with Crippen LogP contribution in [-0.4, -0.2) is 146 Å². The van der Waals surface area contributed by atoms with Gasteiger partial charge in [-0.2, -0.15) is 0 Å². The van der Waals surface area contributed by atoms with Crippen molar-refractivity contribution in [1.82, 2.24) is 15.0 Å². The van der Waals surface area contributed by atoms with E-state index in [0.29, 0.717) is 32.1 Å². The molecule has 18 nitrogen and oxygen atoms in total. The van der Waals surface area contributed by atoms with Crippen LogP contribution < -0.4 is 0 Å². The number of aliphatic hydroxyl groups excluding tert-OH is 6. The van der Waals surface area contributed by atoms with Crippen molar-refractivity contribution < 1.29 is 59.1 Å². The maximum atomic E-state index is 10.5. The molecule has 1 aromatic heterocycles. The summed E-state index contributed by atoms with van der Waals surface area (Å²) in [6.07, 6.45) is -14.6. The van der Waals surface area contributed by atoms with Crippen LogP contribution in [-0.2, 0) is 41.6 Å². The molecule has 0 aromatic carbocycles. The molecule has 0 spiro atoms. The largest absolute Gasteiger partial charge is 0.388 e. The van der Waals surface area contributed by atoms with Gasteiger partial charge >= 0.3 is 0 Å². The third-order valence-electron chi connectivity index (χ3n) is 6.37. The Morgan fingerprint density at radius 2 is 1.50 bits per heavy atom. The number of nitrogens with zero attached hydrogens (tertiary/aromatic N) is 6. The van der Waals surface area contributed by atoms with Gasteiger partial charge in [-0.25, -0.2) is 4.68 Å². The van der Waals surface area contributed by atoms with E-state index in [1.807, 2.05) is 13.8 Å². The van der Waals surface area contributed by atoms with Crippen LogP contribution in [0.25, 0.3) is 10.4 Å². The van der Waals surface area contributed by atoms with Crippen LogP contribution in [0.5, 0.6) is 0 Å². The Bertz CT molecular complexity index is 930. The van der Waals surface area contributed by atoms with Gasteiger partial charge in [0.25, 0.3) is 0 Å². The van der Waals surface area contributed by atoms with E-state index in [4.69, 9.17) is 34.0 Å². The van der Waals surface area contributed by atoms with Crippen LogP contribution in [0.15, 0.2) is 11.3 Å². The molecule has 0 amide bonds. The average Bonchev–Trinajstić information content (AvgIpc) is 3.40. The van der Waals surface area contributed by atoms with Crippen molar-refractivity contribution >= 4 is 0 Å². The quantitative estimate of drug-likeness (QED) is 0.0697. The number of aromatic nitrogens is 3. The molecular formula is C22H38N6O12. The summed E-state index contributed by atoms with van der Waals surface area (Å²) in [4.78, 5) is 2.57. The van der Waals surface area contributed by atoms with Crippen molar-refractivity contribution in [1.29, 1.82) is 0 Å². The van der Waals surface area contributed by atoms with Gasteiger partial charge in [0.1, 0.15) is 54.5 Å². The fraction of sp³-hybridized carbons (Fsp3) is 0.909. The second-order valence-corrected chi connectivity index (χ2v) is 9.26. The topological polar surface area (TPSA) is 256 Å². The molecule has 6 N–H and O–H groups in total. The molecule has 2 aliphatic rings. The number of ether oxygens (including phenoxy) is 6. The molecule has 2 fully saturated rings. The third kappa shape index (κ3) is 8.49. The molecule has 2 saturated heterocycles. The van der Waals surface area contributed by atoms with Crippen molar-refractivity contribution in [2.45, 2.75) is 94.5 Å². The third-order valence-corrected chi connectivity index (χ3v) is 6.37. The molecule has 228 valence electrons. The molecule has 1 aromatic rings. The Labute approximate surface area is 229 Å². The average molecular weight is 579 g/mol. The summed E-state index contributed by atoms with van der Waals surface area (Å²) in [6.45, 7) is 5.10. The van der Waals surface area contributed by atoms with Crippen LogP contribution >= 0.6 is 0 Å². The van der Waals surface area contributed by atoms with Gasteiger partial charge in [0, 0.05) is 18.1 Å². The smallest absolute Gasteiger partial charge is 0.189 e. The van der Waals surface area contributed by atoms with Gasteiger partial charge in [0.05, 0.1) is 45.2 Å². The number of rotatable bonds is 15. The first-order valence-corrected chi connectivity index (χ1v) is 12.9. The van der Waals surface area contributed by atoms with E-state index < -0.39 is 61.4 Å². The number of hydrogen-bond donors (Lipinski definition) is 6. The highest BCUT2D eigenvalue weighted by Crippen LogP contribution is 2.28. The lowest BCUT2D eigenvalue weighted by atomic mass is 9.97. The first kappa shape index (κ1) is 32.5. The van der Waals surface area contributed by atoms with Crippen molar-refractivity contribution in [3.63, 3.8) is 0 Å². The van der Waals surface area contributed by atoms with Crippen molar-refractivity contribution in [2.75, 3.05) is 33.0 Å². The molecular weight excluding hydrogens is 540 g/mol. The molecule has 10 atom stereocenters. The number of aliphatic hydroxyl groups is 6. The van der Waals surface area contributed by atoms with Crippen LogP contribution in [0.1, 0.15) is 19.5 Å². The zero-order chi connectivity index (χ0) is 29.2. The summed E-state index contributed by atoms with van der Waals surface area (Å²) in [7, 11) is 0. The monoisotopic (exact) mass is 578 g/mol. The van der Waals surface area contributed by atoms with E-state index in [0.717, 1.165) is 0 Å². The summed E-state index contributed by atoms with van der Waals surface area (Å²) in [5.74, 6) is 0. The predicted octanol–water partition coefficient (Wildman–Crippen LogP) is -2.82. The van der Waals surface area contributed by atoms with Gasteiger partial charge in [0.15, 0.2) is 12.6 Å². The maximum absolute atomic E-state index is 10.5. The van der Waals surface area contributed by atoms with Crippen LogP contribution in [0, 0.1) is 0 Å². The van der Waals surface area contributed by atoms with Crippen LogP contribution in [0.2, 0.25) is 0 Å². The minimum atomic E-state index is -1.78. The highest BCUT2D eigenvalue weighted by atomic mass is 16.8. The highest BCUT2D eigenvalue weighted by molar-refractivity contribution is 4.95. The van der Waals surface area contributed by atoms with E-state index in [1.165, 1.54) is 4.68 Å². The summed E-state index contributed by atoms with van der Waals surface area (Å²) >= 11 is 0. The zero-order valence-corrected chi connectivity index (χ0v) is 22.2. The Morgan fingerprint density at radius 3 is 2.08 bits per heavy atom. The number of azide groups is 1. The zero-order valence-electron chi connectivity index (χ0n) is 22.2. The Hall–Kier alpha value is -2.03. The molecule has 3 rings (SSSR count). The minimum Gasteiger partial charge on any atom is -0.388 e. The van der Waals surface area contributed by atoms with Crippen molar-refractivity contribution in [3.05, 3.63) is 22.3 Å². The molecule has 0 bridgehead atoms. The lowest BCUT2D eigenvalue weighted by Crippen LogP contribution is -2.63. The second-order valence-electron chi connectivity index (χ2n) is 9.26. The first-order chi connectivity index (χ1) is 19.2. The van der Waals surface area contributed by atoms with E-state index in [9.17, 15) is 30.6 Å². The Balaban J connectivity index is 1.61. The summed E-state index contributed by atoms with van der Waals surface area (Å²) < 4.78 is 34.5. The normalized spacial score (nSPS) is 34.6. The lowest BCUT2D eigenvalue weighted by Gasteiger charge is -2.44. The van der Waals surface area contributed by atoms with E-state index in [1.54, 1.807) is 6.20 Å². The van der Waals surface area contributed by atoms with Gasteiger partial charge in [-0.05, 0) is 19.4 Å². The Morgan fingerprint density at radius 1 is 0.925 bits per heavy atom. The lowest BCUT2D eigenvalue weighted by molar-refractivity contribution is -0.373. The van der Waals surface area contributed by atoms with Gasteiger partial charge in [-0.15, -0.1) is 5.10 Å². The first-order valence-electron chi connectivity index (χ1n) is 12.9. The molecule has 18 heteroatoms.